The highest BCUT2D eigenvalue weighted by Gasteiger charge is 2.29. The third-order valence-corrected chi connectivity index (χ3v) is 4.92. The first-order valence-electron chi connectivity index (χ1n) is 9.44. The highest BCUT2D eigenvalue weighted by Crippen LogP contribution is 2.39. The number of carbonyl (C=O) groups excluding carboxylic acids is 2. The van der Waals surface area contributed by atoms with E-state index in [0.29, 0.717) is 23.2 Å². The van der Waals surface area contributed by atoms with Gasteiger partial charge in [0.1, 0.15) is 0 Å². The number of carbonyl (C=O) groups is 2. The van der Waals surface area contributed by atoms with E-state index in [1.807, 2.05) is 42.5 Å². The molecule has 148 valence electrons. The van der Waals surface area contributed by atoms with E-state index in [1.54, 1.807) is 22.9 Å². The summed E-state index contributed by atoms with van der Waals surface area (Å²) in [7, 11) is 0. The van der Waals surface area contributed by atoms with Gasteiger partial charge < -0.3 is 10.1 Å². The minimum absolute atomic E-state index is 0.323. The highest BCUT2D eigenvalue weighted by atomic mass is 35.5. The fourth-order valence-electron chi connectivity index (χ4n) is 2.95. The van der Waals surface area contributed by atoms with Crippen molar-refractivity contribution in [3.63, 3.8) is 0 Å². The van der Waals surface area contributed by atoms with E-state index in [-0.39, 0.29) is 12.5 Å². The number of benzene rings is 2. The summed E-state index contributed by atoms with van der Waals surface area (Å²) in [5, 5.41) is 7.94. The van der Waals surface area contributed by atoms with Gasteiger partial charge in [-0.15, -0.1) is 0 Å². The van der Waals surface area contributed by atoms with Gasteiger partial charge in [-0.2, -0.15) is 5.10 Å². The summed E-state index contributed by atoms with van der Waals surface area (Å²) in [5.41, 5.74) is 2.89. The molecule has 2 aromatic carbocycles. The van der Waals surface area contributed by atoms with Crippen LogP contribution < -0.4 is 5.32 Å². The Morgan fingerprint density at radius 1 is 1.10 bits per heavy atom. The van der Waals surface area contributed by atoms with Gasteiger partial charge in [-0.25, -0.2) is 9.48 Å². The standard InChI is InChI=1S/C22H20ClN3O3/c23-17-10-6-15(7-11-17)13-24-21(27)14-29-22(28)20-12-19(16-8-9-16)25-26(20)18-4-2-1-3-5-18/h1-7,10-12,16H,8-9,13-14H2,(H,24,27). The SMILES string of the molecule is O=C(COC(=O)c1cc(C2CC2)nn1-c1ccccc1)NCc1ccc(Cl)cc1. The second-order valence-electron chi connectivity index (χ2n) is 6.96. The Hall–Kier alpha value is -3.12. The molecule has 0 unspecified atom stereocenters. The Kier molecular flexibility index (Phi) is 5.62. The number of para-hydroxylation sites is 1. The Morgan fingerprint density at radius 3 is 2.52 bits per heavy atom. The van der Waals surface area contributed by atoms with Crippen LogP contribution in [0, 0.1) is 0 Å². The molecule has 7 heteroatoms. The minimum atomic E-state index is -0.574. The summed E-state index contributed by atoms with van der Waals surface area (Å²) < 4.78 is 6.83. The molecule has 0 bridgehead atoms. The van der Waals surface area contributed by atoms with Crippen LogP contribution in [0.5, 0.6) is 0 Å². The minimum Gasteiger partial charge on any atom is -0.451 e. The lowest BCUT2D eigenvalue weighted by molar-refractivity contribution is -0.124. The molecule has 1 saturated carbocycles. The zero-order valence-electron chi connectivity index (χ0n) is 15.7. The smallest absolute Gasteiger partial charge is 0.357 e. The first kappa shape index (κ1) is 19.2. The maximum absolute atomic E-state index is 12.6. The molecule has 0 aliphatic heterocycles. The number of rotatable bonds is 7. The Bertz CT molecular complexity index is 1010. The number of halogens is 1. The predicted molar refractivity (Wildman–Crippen MR) is 109 cm³/mol. The van der Waals surface area contributed by atoms with Gasteiger partial charge in [-0.05, 0) is 48.7 Å². The predicted octanol–water partition coefficient (Wildman–Crippen LogP) is 3.88. The summed E-state index contributed by atoms with van der Waals surface area (Å²) in [5.74, 6) is -0.550. The van der Waals surface area contributed by atoms with Crippen LogP contribution in [0.15, 0.2) is 60.7 Å². The first-order chi connectivity index (χ1) is 14.1. The average Bonchev–Trinajstić information content (AvgIpc) is 3.50. The first-order valence-corrected chi connectivity index (χ1v) is 9.81. The van der Waals surface area contributed by atoms with Crippen LogP contribution in [0.25, 0.3) is 5.69 Å². The Balaban J connectivity index is 1.39. The Labute approximate surface area is 173 Å². The van der Waals surface area contributed by atoms with Crippen molar-refractivity contribution in [2.24, 2.45) is 0 Å². The maximum atomic E-state index is 12.6. The Morgan fingerprint density at radius 2 is 1.83 bits per heavy atom. The van der Waals surface area contributed by atoms with Crippen molar-refractivity contribution in [1.82, 2.24) is 15.1 Å². The van der Waals surface area contributed by atoms with Gasteiger partial charge in [0.15, 0.2) is 12.3 Å². The van der Waals surface area contributed by atoms with E-state index in [0.717, 1.165) is 29.8 Å². The number of esters is 1. The molecule has 1 fully saturated rings. The second kappa shape index (κ2) is 8.49. The van der Waals surface area contributed by atoms with Crippen molar-refractivity contribution < 1.29 is 14.3 Å². The molecule has 0 saturated heterocycles. The van der Waals surface area contributed by atoms with Crippen molar-refractivity contribution in [1.29, 1.82) is 0 Å². The van der Waals surface area contributed by atoms with E-state index in [4.69, 9.17) is 16.3 Å². The van der Waals surface area contributed by atoms with Crippen molar-refractivity contribution >= 4 is 23.5 Å². The molecule has 0 radical (unpaired) electrons. The molecular weight excluding hydrogens is 390 g/mol. The lowest BCUT2D eigenvalue weighted by atomic mass is 10.2. The number of amides is 1. The third kappa shape index (κ3) is 4.84. The number of hydrogen-bond donors (Lipinski definition) is 1. The molecule has 1 aliphatic carbocycles. The monoisotopic (exact) mass is 409 g/mol. The molecule has 6 nitrogen and oxygen atoms in total. The molecule has 3 aromatic rings. The number of nitrogens with one attached hydrogen (secondary N) is 1. The molecule has 4 rings (SSSR count). The van der Waals surface area contributed by atoms with Crippen molar-refractivity contribution in [3.05, 3.63) is 82.6 Å². The quantitative estimate of drug-likeness (QED) is 0.601. The van der Waals surface area contributed by atoms with Crippen molar-refractivity contribution in [2.45, 2.75) is 25.3 Å². The van der Waals surface area contributed by atoms with Gasteiger partial charge in [-0.1, -0.05) is 41.9 Å². The second-order valence-corrected chi connectivity index (χ2v) is 7.39. The molecule has 1 heterocycles. The third-order valence-electron chi connectivity index (χ3n) is 4.67. The van der Waals surface area contributed by atoms with Crippen LogP contribution in [0.1, 0.15) is 40.5 Å². The average molecular weight is 410 g/mol. The molecule has 29 heavy (non-hydrogen) atoms. The molecule has 1 N–H and O–H groups in total. The fraction of sp³-hybridized carbons (Fsp3) is 0.227. The van der Waals surface area contributed by atoms with E-state index in [9.17, 15) is 9.59 Å². The summed E-state index contributed by atoms with van der Waals surface area (Å²) in [4.78, 5) is 24.7. The molecule has 1 aliphatic rings. The topological polar surface area (TPSA) is 73.2 Å². The largest absolute Gasteiger partial charge is 0.451 e. The lowest BCUT2D eigenvalue weighted by Gasteiger charge is -2.08. The van der Waals surface area contributed by atoms with Gasteiger partial charge in [0.2, 0.25) is 0 Å². The molecule has 1 amide bonds. The lowest BCUT2D eigenvalue weighted by Crippen LogP contribution is -2.28. The van der Waals surface area contributed by atoms with Gasteiger partial charge in [0.05, 0.1) is 11.4 Å². The summed E-state index contributed by atoms with van der Waals surface area (Å²) in [6.45, 7) is -0.0213. The van der Waals surface area contributed by atoms with Gasteiger partial charge in [0, 0.05) is 17.5 Å². The number of aromatic nitrogens is 2. The van der Waals surface area contributed by atoms with Crippen LogP contribution in [0.2, 0.25) is 5.02 Å². The summed E-state index contributed by atoms with van der Waals surface area (Å²) >= 11 is 5.85. The normalized spacial score (nSPS) is 13.1. The number of hydrogen-bond acceptors (Lipinski definition) is 4. The summed E-state index contributed by atoms with van der Waals surface area (Å²) in [6.07, 6.45) is 2.15. The van der Waals surface area contributed by atoms with Gasteiger partial charge >= 0.3 is 5.97 Å². The van der Waals surface area contributed by atoms with E-state index < -0.39 is 5.97 Å². The van der Waals surface area contributed by atoms with Crippen LogP contribution in [-0.4, -0.2) is 28.3 Å². The maximum Gasteiger partial charge on any atom is 0.357 e. The zero-order valence-corrected chi connectivity index (χ0v) is 16.4. The number of nitrogens with zero attached hydrogens (tertiary/aromatic N) is 2. The van der Waals surface area contributed by atoms with Crippen LogP contribution in [-0.2, 0) is 16.1 Å². The zero-order chi connectivity index (χ0) is 20.2. The van der Waals surface area contributed by atoms with E-state index in [2.05, 4.69) is 10.4 Å². The van der Waals surface area contributed by atoms with E-state index >= 15 is 0 Å². The molecular formula is C22H20ClN3O3. The van der Waals surface area contributed by atoms with Crippen molar-refractivity contribution in [3.8, 4) is 5.69 Å². The van der Waals surface area contributed by atoms with Gasteiger partial charge in [0.25, 0.3) is 5.91 Å². The fourth-order valence-corrected chi connectivity index (χ4v) is 3.07. The van der Waals surface area contributed by atoms with Crippen LogP contribution in [0.3, 0.4) is 0 Å². The molecule has 1 aromatic heterocycles. The van der Waals surface area contributed by atoms with E-state index in [1.165, 1.54) is 0 Å². The van der Waals surface area contributed by atoms with Crippen LogP contribution >= 0.6 is 11.6 Å². The van der Waals surface area contributed by atoms with Crippen LogP contribution in [0.4, 0.5) is 0 Å². The highest BCUT2D eigenvalue weighted by molar-refractivity contribution is 6.30. The van der Waals surface area contributed by atoms with Gasteiger partial charge in [-0.3, -0.25) is 4.79 Å². The number of ether oxygens (including phenoxy) is 1. The summed E-state index contributed by atoms with van der Waals surface area (Å²) in [6, 6.07) is 18.3. The molecule has 0 atom stereocenters. The van der Waals surface area contributed by atoms with Crippen molar-refractivity contribution in [2.75, 3.05) is 6.61 Å². The molecule has 0 spiro atoms.